The van der Waals surface area contributed by atoms with Crippen LogP contribution in [0.2, 0.25) is 0 Å². The Balaban J connectivity index is 2.76. The van der Waals surface area contributed by atoms with E-state index < -0.39 is 0 Å². The predicted octanol–water partition coefficient (Wildman–Crippen LogP) is 1.36. The molecule has 120 valence electrons. The lowest BCUT2D eigenvalue weighted by Gasteiger charge is -2.20. The lowest BCUT2D eigenvalue weighted by Crippen LogP contribution is -2.24. The molecule has 0 saturated carbocycles. The Morgan fingerprint density at radius 3 is 2.33 bits per heavy atom. The van der Waals surface area contributed by atoms with Crippen LogP contribution in [0.3, 0.4) is 0 Å². The molecule has 1 heterocycles. The molecule has 1 aromatic heterocycles. The standard InChI is InChI=1S/C14H28N6O/c1-5-9-15-12-16-13(19(2)3)18-14(17-12)20(4)10-7-6-8-11-21/h21H,5-11H2,1-4H3,(H,15,16,17,18). The number of rotatable bonds is 10. The summed E-state index contributed by atoms with van der Waals surface area (Å²) in [6.07, 6.45) is 3.89. The second-order valence-corrected chi connectivity index (χ2v) is 5.29. The zero-order chi connectivity index (χ0) is 15.7. The fourth-order valence-electron chi connectivity index (χ4n) is 1.78. The second-order valence-electron chi connectivity index (χ2n) is 5.29. The number of aromatic nitrogens is 3. The molecule has 0 amide bonds. The van der Waals surface area contributed by atoms with Crippen LogP contribution >= 0.6 is 0 Å². The third kappa shape index (κ3) is 6.12. The minimum absolute atomic E-state index is 0.255. The average molecular weight is 296 g/mol. The van der Waals surface area contributed by atoms with Crippen molar-refractivity contribution in [3.8, 4) is 0 Å². The number of unbranched alkanes of at least 4 members (excludes halogenated alkanes) is 2. The van der Waals surface area contributed by atoms with Gasteiger partial charge in [0, 0.05) is 40.8 Å². The van der Waals surface area contributed by atoms with E-state index in [0.717, 1.165) is 38.8 Å². The molecule has 2 N–H and O–H groups in total. The number of nitrogens with zero attached hydrogens (tertiary/aromatic N) is 5. The van der Waals surface area contributed by atoms with Crippen LogP contribution in [0.25, 0.3) is 0 Å². The highest BCUT2D eigenvalue weighted by atomic mass is 16.2. The minimum atomic E-state index is 0.255. The largest absolute Gasteiger partial charge is 0.396 e. The van der Waals surface area contributed by atoms with E-state index in [-0.39, 0.29) is 6.61 Å². The lowest BCUT2D eigenvalue weighted by atomic mass is 10.2. The third-order valence-electron chi connectivity index (χ3n) is 3.04. The van der Waals surface area contributed by atoms with Gasteiger partial charge in [-0.2, -0.15) is 15.0 Å². The van der Waals surface area contributed by atoms with Gasteiger partial charge in [-0.05, 0) is 25.7 Å². The quantitative estimate of drug-likeness (QED) is 0.631. The molecule has 0 radical (unpaired) electrons. The predicted molar refractivity (Wildman–Crippen MR) is 87.1 cm³/mol. The van der Waals surface area contributed by atoms with Gasteiger partial charge in [-0.25, -0.2) is 0 Å². The van der Waals surface area contributed by atoms with Gasteiger partial charge in [0.2, 0.25) is 17.8 Å². The fourth-order valence-corrected chi connectivity index (χ4v) is 1.78. The fraction of sp³-hybridized carbons (Fsp3) is 0.786. The summed E-state index contributed by atoms with van der Waals surface area (Å²) in [4.78, 5) is 17.3. The van der Waals surface area contributed by atoms with Crippen LogP contribution in [0, 0.1) is 0 Å². The molecule has 0 aromatic carbocycles. The monoisotopic (exact) mass is 296 g/mol. The van der Waals surface area contributed by atoms with Gasteiger partial charge in [-0.15, -0.1) is 0 Å². The Morgan fingerprint density at radius 1 is 1.00 bits per heavy atom. The first-order valence-electron chi connectivity index (χ1n) is 7.57. The molecule has 0 aliphatic carbocycles. The minimum Gasteiger partial charge on any atom is -0.396 e. The van der Waals surface area contributed by atoms with Crippen molar-refractivity contribution < 1.29 is 5.11 Å². The first-order chi connectivity index (χ1) is 10.1. The number of hydrogen-bond donors (Lipinski definition) is 2. The van der Waals surface area contributed by atoms with Crippen LogP contribution in [0.1, 0.15) is 32.6 Å². The van der Waals surface area contributed by atoms with Gasteiger partial charge in [-0.1, -0.05) is 6.92 Å². The molecule has 0 aliphatic rings. The molecule has 0 aliphatic heterocycles. The van der Waals surface area contributed by atoms with E-state index in [9.17, 15) is 0 Å². The van der Waals surface area contributed by atoms with E-state index in [0.29, 0.717) is 17.8 Å². The van der Waals surface area contributed by atoms with Gasteiger partial charge in [0.25, 0.3) is 0 Å². The molecule has 0 bridgehead atoms. The number of anilines is 3. The van der Waals surface area contributed by atoms with E-state index in [1.807, 2.05) is 30.9 Å². The van der Waals surface area contributed by atoms with Crippen molar-refractivity contribution in [2.75, 3.05) is 56.0 Å². The average Bonchev–Trinajstić information content (AvgIpc) is 2.49. The summed E-state index contributed by atoms with van der Waals surface area (Å²) in [5.41, 5.74) is 0. The van der Waals surface area contributed by atoms with E-state index >= 15 is 0 Å². The van der Waals surface area contributed by atoms with Crippen molar-refractivity contribution in [2.45, 2.75) is 32.6 Å². The Kier molecular flexibility index (Phi) is 7.74. The SMILES string of the molecule is CCCNc1nc(N(C)C)nc(N(C)CCCCCO)n1. The van der Waals surface area contributed by atoms with Gasteiger partial charge >= 0.3 is 0 Å². The van der Waals surface area contributed by atoms with Crippen LogP contribution in [-0.4, -0.2) is 60.9 Å². The first kappa shape index (κ1) is 17.4. The number of aliphatic hydroxyl groups is 1. The van der Waals surface area contributed by atoms with Crippen LogP contribution in [0.5, 0.6) is 0 Å². The van der Waals surface area contributed by atoms with Crippen molar-refractivity contribution in [1.82, 2.24) is 15.0 Å². The molecule has 7 nitrogen and oxygen atoms in total. The van der Waals surface area contributed by atoms with E-state index in [4.69, 9.17) is 5.11 Å². The first-order valence-corrected chi connectivity index (χ1v) is 7.57. The highest BCUT2D eigenvalue weighted by Gasteiger charge is 2.11. The Morgan fingerprint density at radius 2 is 1.71 bits per heavy atom. The second kappa shape index (κ2) is 9.33. The van der Waals surface area contributed by atoms with Crippen molar-refractivity contribution in [3.05, 3.63) is 0 Å². The van der Waals surface area contributed by atoms with Gasteiger partial charge < -0.3 is 20.2 Å². The van der Waals surface area contributed by atoms with Crippen LogP contribution in [0.15, 0.2) is 0 Å². The van der Waals surface area contributed by atoms with Gasteiger partial charge in [0.1, 0.15) is 0 Å². The summed E-state index contributed by atoms with van der Waals surface area (Å²) in [5.74, 6) is 1.95. The van der Waals surface area contributed by atoms with Crippen LogP contribution in [-0.2, 0) is 0 Å². The molecular formula is C14H28N6O. The van der Waals surface area contributed by atoms with E-state index in [1.165, 1.54) is 0 Å². The molecule has 0 saturated heterocycles. The van der Waals surface area contributed by atoms with Gasteiger partial charge in [0.15, 0.2) is 0 Å². The molecule has 0 unspecified atom stereocenters. The number of nitrogens with one attached hydrogen (secondary N) is 1. The van der Waals surface area contributed by atoms with Crippen LogP contribution in [0.4, 0.5) is 17.8 Å². The zero-order valence-corrected chi connectivity index (χ0v) is 13.6. The molecule has 1 aromatic rings. The van der Waals surface area contributed by atoms with Gasteiger partial charge in [-0.3, -0.25) is 0 Å². The third-order valence-corrected chi connectivity index (χ3v) is 3.04. The highest BCUT2D eigenvalue weighted by Crippen LogP contribution is 2.14. The summed E-state index contributed by atoms with van der Waals surface area (Å²) in [5, 5.41) is 12.0. The maximum atomic E-state index is 8.80. The van der Waals surface area contributed by atoms with Crippen molar-refractivity contribution in [1.29, 1.82) is 0 Å². The van der Waals surface area contributed by atoms with Crippen molar-refractivity contribution in [3.63, 3.8) is 0 Å². The molecule has 0 atom stereocenters. The molecule has 7 heteroatoms. The lowest BCUT2D eigenvalue weighted by molar-refractivity contribution is 0.283. The summed E-state index contributed by atoms with van der Waals surface area (Å²) in [6.45, 7) is 4.07. The smallest absolute Gasteiger partial charge is 0.231 e. The molecule has 1 rings (SSSR count). The summed E-state index contributed by atoms with van der Waals surface area (Å²) in [7, 11) is 5.82. The Labute approximate surface area is 127 Å². The zero-order valence-electron chi connectivity index (χ0n) is 13.6. The molecule has 0 fully saturated rings. The number of hydrogen-bond acceptors (Lipinski definition) is 7. The van der Waals surface area contributed by atoms with E-state index in [1.54, 1.807) is 0 Å². The molecule has 21 heavy (non-hydrogen) atoms. The maximum Gasteiger partial charge on any atom is 0.231 e. The summed E-state index contributed by atoms with van der Waals surface area (Å²) < 4.78 is 0. The van der Waals surface area contributed by atoms with E-state index in [2.05, 4.69) is 27.2 Å². The number of aliphatic hydroxyl groups excluding tert-OH is 1. The Hall–Kier alpha value is -1.63. The van der Waals surface area contributed by atoms with Crippen molar-refractivity contribution >= 4 is 17.8 Å². The van der Waals surface area contributed by atoms with Crippen LogP contribution < -0.4 is 15.1 Å². The maximum absolute atomic E-state index is 8.80. The normalized spacial score (nSPS) is 10.5. The van der Waals surface area contributed by atoms with Gasteiger partial charge in [0.05, 0.1) is 0 Å². The van der Waals surface area contributed by atoms with Crippen molar-refractivity contribution in [2.24, 2.45) is 0 Å². The molecular weight excluding hydrogens is 268 g/mol. The summed E-state index contributed by atoms with van der Waals surface area (Å²) in [6, 6.07) is 0. The Bertz CT molecular complexity index is 412. The topological polar surface area (TPSA) is 77.4 Å². The summed E-state index contributed by atoms with van der Waals surface area (Å²) >= 11 is 0. The molecule has 0 spiro atoms. The highest BCUT2D eigenvalue weighted by molar-refractivity contribution is 5.44.